The third-order valence-electron chi connectivity index (χ3n) is 5.64. The molecule has 1 aliphatic heterocycles. The van der Waals surface area contributed by atoms with Gasteiger partial charge in [-0.05, 0) is 48.4 Å². The monoisotopic (exact) mass is 509 g/mol. The fourth-order valence-corrected chi connectivity index (χ4v) is 4.37. The van der Waals surface area contributed by atoms with Gasteiger partial charge in [0.25, 0.3) is 0 Å². The number of carboxylic acid groups (broad SMARTS) is 1. The first kappa shape index (κ1) is 26.8. The van der Waals surface area contributed by atoms with Crippen LogP contribution in [0.25, 0.3) is 6.08 Å². The van der Waals surface area contributed by atoms with Crippen LogP contribution >= 0.6 is 7.82 Å². The first-order valence-electron chi connectivity index (χ1n) is 10.9. The number of phosphoric ester groups is 1. The van der Waals surface area contributed by atoms with Crippen molar-refractivity contribution in [1.82, 2.24) is 15.1 Å². The number of halogens is 1. The smallest absolute Gasteiger partial charge is 0.465 e. The number of phosphoric acid groups is 1. The van der Waals surface area contributed by atoms with E-state index in [4.69, 9.17) is 9.79 Å². The van der Waals surface area contributed by atoms with E-state index in [0.717, 1.165) is 11.1 Å². The van der Waals surface area contributed by atoms with Gasteiger partial charge in [0, 0.05) is 25.7 Å². The van der Waals surface area contributed by atoms with Crippen molar-refractivity contribution in [2.45, 2.75) is 31.7 Å². The van der Waals surface area contributed by atoms with Crippen LogP contribution in [0.4, 0.5) is 9.18 Å². The lowest BCUT2D eigenvalue weighted by atomic mass is 10.0. The highest BCUT2D eigenvalue weighted by Gasteiger charge is 2.27. The molecule has 0 spiro atoms. The maximum Gasteiger partial charge on any atom is 0.469 e. The molecular weight excluding hydrogens is 480 g/mol. The molecule has 0 saturated carbocycles. The van der Waals surface area contributed by atoms with E-state index in [1.807, 2.05) is 34.1 Å². The van der Waals surface area contributed by atoms with Gasteiger partial charge in [0.15, 0.2) is 0 Å². The summed E-state index contributed by atoms with van der Waals surface area (Å²) in [6, 6.07) is 13.2. The molecule has 0 fully saturated rings. The van der Waals surface area contributed by atoms with E-state index in [-0.39, 0.29) is 18.8 Å². The number of hydrogen-bond donors (Lipinski definition) is 5. The normalized spacial score (nSPS) is 15.4. The minimum atomic E-state index is -4.75. The van der Waals surface area contributed by atoms with E-state index in [2.05, 4.69) is 9.84 Å². The van der Waals surface area contributed by atoms with Crippen LogP contribution in [0.1, 0.15) is 23.1 Å². The molecule has 0 unspecified atom stereocenters. The standard InChI is InChI=1S/C23H29FN3O7P/c1-26(12-16-5-4-8-19(24)9-16)20(11-21(28)15-34-35(31,32)33)14-27-13-18-7-3-2-6-17(18)10-22(27)25-23(29)30/h2-10,20-21,25,28H,11-15H2,1H3,(H,29,30)(H2,31,32,33)/t20-,21-/m0/s1. The molecule has 0 aliphatic carbocycles. The Balaban J connectivity index is 1.82. The van der Waals surface area contributed by atoms with Crippen molar-refractivity contribution in [2.24, 2.45) is 0 Å². The molecule has 10 nitrogen and oxygen atoms in total. The van der Waals surface area contributed by atoms with Crippen LogP contribution in [0.3, 0.4) is 0 Å². The summed E-state index contributed by atoms with van der Waals surface area (Å²) in [5, 5.41) is 22.2. The van der Waals surface area contributed by atoms with Gasteiger partial charge < -0.3 is 24.9 Å². The number of nitrogens with one attached hydrogen (secondary N) is 1. The number of likely N-dealkylation sites (N-methyl/N-ethyl adjacent to an activating group) is 1. The van der Waals surface area contributed by atoms with Crippen LogP contribution in [-0.4, -0.2) is 68.2 Å². The first-order chi connectivity index (χ1) is 16.5. The van der Waals surface area contributed by atoms with Gasteiger partial charge in [0.2, 0.25) is 0 Å². The number of aliphatic hydroxyl groups is 1. The molecule has 0 radical (unpaired) electrons. The summed E-state index contributed by atoms with van der Waals surface area (Å²) < 4.78 is 29.2. The lowest BCUT2D eigenvalue weighted by molar-refractivity contribution is 0.0472. The lowest BCUT2D eigenvalue weighted by Crippen LogP contribution is -2.46. The van der Waals surface area contributed by atoms with Crippen LogP contribution in [0.5, 0.6) is 0 Å². The number of fused-ring (bicyclic) bond motifs is 1. The quantitative estimate of drug-likeness (QED) is 0.289. The van der Waals surface area contributed by atoms with Crippen LogP contribution in [0.2, 0.25) is 0 Å². The van der Waals surface area contributed by atoms with Gasteiger partial charge >= 0.3 is 13.9 Å². The predicted molar refractivity (Wildman–Crippen MR) is 126 cm³/mol. The summed E-state index contributed by atoms with van der Waals surface area (Å²) >= 11 is 0. The zero-order valence-electron chi connectivity index (χ0n) is 19.1. The van der Waals surface area contributed by atoms with Gasteiger partial charge in [-0.3, -0.25) is 14.7 Å². The predicted octanol–water partition coefficient (Wildman–Crippen LogP) is 2.57. The van der Waals surface area contributed by atoms with Crippen LogP contribution in [0.15, 0.2) is 54.4 Å². The Kier molecular flexibility index (Phi) is 9.01. The number of hydrogen-bond acceptors (Lipinski definition) is 6. The highest BCUT2D eigenvalue weighted by molar-refractivity contribution is 7.46. The summed E-state index contributed by atoms with van der Waals surface area (Å²) in [4.78, 5) is 33.0. The second-order valence-corrected chi connectivity index (χ2v) is 9.65. The van der Waals surface area contributed by atoms with Crippen LogP contribution in [-0.2, 0) is 22.2 Å². The molecule has 0 saturated heterocycles. The Labute approximate surface area is 202 Å². The van der Waals surface area contributed by atoms with E-state index in [9.17, 15) is 24.0 Å². The number of amides is 1. The highest BCUT2D eigenvalue weighted by Crippen LogP contribution is 2.36. The number of nitrogens with zero attached hydrogens (tertiary/aromatic N) is 2. The maximum absolute atomic E-state index is 13.7. The first-order valence-corrected chi connectivity index (χ1v) is 12.4. The molecule has 5 N–H and O–H groups in total. The number of benzene rings is 2. The molecule has 1 amide bonds. The molecule has 0 bridgehead atoms. The molecular formula is C23H29FN3O7P. The zero-order chi connectivity index (χ0) is 25.6. The number of rotatable bonds is 11. The van der Waals surface area contributed by atoms with Crippen molar-refractivity contribution in [1.29, 1.82) is 0 Å². The van der Waals surface area contributed by atoms with E-state index in [1.165, 1.54) is 12.1 Å². The average molecular weight is 509 g/mol. The third-order valence-corrected chi connectivity index (χ3v) is 6.12. The zero-order valence-corrected chi connectivity index (χ0v) is 20.0. The lowest BCUT2D eigenvalue weighted by Gasteiger charge is -2.38. The van der Waals surface area contributed by atoms with Gasteiger partial charge in [-0.1, -0.05) is 36.4 Å². The van der Waals surface area contributed by atoms with Crippen LogP contribution in [0, 0.1) is 5.82 Å². The van der Waals surface area contributed by atoms with Crippen molar-refractivity contribution in [3.05, 3.63) is 76.9 Å². The van der Waals surface area contributed by atoms with E-state index in [0.29, 0.717) is 24.5 Å². The second-order valence-electron chi connectivity index (χ2n) is 8.41. The Morgan fingerprint density at radius 1 is 1.26 bits per heavy atom. The minimum Gasteiger partial charge on any atom is -0.465 e. The third kappa shape index (κ3) is 8.43. The Morgan fingerprint density at radius 2 is 2.00 bits per heavy atom. The minimum absolute atomic E-state index is 0.0598. The second kappa shape index (κ2) is 11.8. The fraction of sp³-hybridized carbons (Fsp3) is 0.348. The molecule has 1 heterocycles. The van der Waals surface area contributed by atoms with Crippen molar-refractivity contribution in [2.75, 3.05) is 20.2 Å². The van der Waals surface area contributed by atoms with E-state index >= 15 is 0 Å². The summed E-state index contributed by atoms with van der Waals surface area (Å²) in [6.07, 6.45) is -0.645. The van der Waals surface area contributed by atoms with Crippen molar-refractivity contribution >= 4 is 20.0 Å². The van der Waals surface area contributed by atoms with Crippen molar-refractivity contribution < 1.29 is 38.3 Å². The molecule has 2 aromatic carbocycles. The molecule has 1 aliphatic rings. The molecule has 2 aromatic rings. The fourth-order valence-electron chi connectivity index (χ4n) is 4.00. The maximum atomic E-state index is 13.7. The summed E-state index contributed by atoms with van der Waals surface area (Å²) in [6.45, 7) is 0.415. The van der Waals surface area contributed by atoms with Gasteiger partial charge in [0.05, 0.1) is 12.7 Å². The van der Waals surface area contributed by atoms with Crippen molar-refractivity contribution in [3.8, 4) is 0 Å². The van der Waals surface area contributed by atoms with Crippen LogP contribution < -0.4 is 5.32 Å². The summed E-state index contributed by atoms with van der Waals surface area (Å²) in [7, 11) is -2.98. The van der Waals surface area contributed by atoms with Gasteiger partial charge in [0.1, 0.15) is 11.6 Å². The van der Waals surface area contributed by atoms with Gasteiger partial charge in [-0.15, -0.1) is 0 Å². The molecule has 190 valence electrons. The Bertz CT molecular complexity index is 1110. The molecule has 35 heavy (non-hydrogen) atoms. The SMILES string of the molecule is CN(Cc1cccc(F)c1)[C@@H](C[C@H](O)COP(=O)(O)O)CN1Cc2ccccc2C=C1NC(=O)O. The number of carbonyl (C=O) groups is 1. The Hall–Kier alpha value is -2.79. The molecule has 3 rings (SSSR count). The molecule has 12 heteroatoms. The summed E-state index contributed by atoms with van der Waals surface area (Å²) in [5.41, 5.74) is 2.56. The largest absolute Gasteiger partial charge is 0.469 e. The topological polar surface area (TPSA) is 143 Å². The summed E-state index contributed by atoms with van der Waals surface area (Å²) in [5.74, 6) is -0.0210. The molecule has 2 atom stereocenters. The highest BCUT2D eigenvalue weighted by atomic mass is 31.2. The number of aliphatic hydroxyl groups excluding tert-OH is 1. The van der Waals surface area contributed by atoms with E-state index < -0.39 is 32.7 Å². The van der Waals surface area contributed by atoms with Gasteiger partial charge in [-0.2, -0.15) is 0 Å². The average Bonchev–Trinajstić information content (AvgIpc) is 2.76. The Morgan fingerprint density at radius 3 is 2.69 bits per heavy atom. The molecule has 0 aromatic heterocycles. The van der Waals surface area contributed by atoms with Gasteiger partial charge in [-0.25, -0.2) is 13.8 Å². The van der Waals surface area contributed by atoms with E-state index in [1.54, 1.807) is 25.3 Å². The van der Waals surface area contributed by atoms with Crippen molar-refractivity contribution in [3.63, 3.8) is 0 Å².